The minimum atomic E-state index is -0.0174. The molecule has 0 radical (unpaired) electrons. The lowest BCUT2D eigenvalue weighted by Crippen LogP contribution is -2.30. The van der Waals surface area contributed by atoms with Crippen molar-refractivity contribution >= 4 is 5.91 Å². The van der Waals surface area contributed by atoms with Gasteiger partial charge in [0.05, 0.1) is 6.61 Å². The van der Waals surface area contributed by atoms with Crippen LogP contribution in [0.2, 0.25) is 0 Å². The first-order valence-corrected chi connectivity index (χ1v) is 6.08. The summed E-state index contributed by atoms with van der Waals surface area (Å²) in [6.45, 7) is 2.12. The number of methoxy groups -OCH3 is 1. The van der Waals surface area contributed by atoms with Gasteiger partial charge in [-0.1, -0.05) is 6.07 Å². The van der Waals surface area contributed by atoms with Crippen molar-refractivity contribution in [2.24, 2.45) is 0 Å². The highest BCUT2D eigenvalue weighted by Gasteiger charge is 2.03. The quantitative estimate of drug-likeness (QED) is 0.653. The lowest BCUT2D eigenvalue weighted by molar-refractivity contribution is -0.121. The Balaban J connectivity index is 2.20. The first-order chi connectivity index (χ1) is 9.27. The lowest BCUT2D eigenvalue weighted by Gasteiger charge is -2.06. The number of hydrogen-bond acceptors (Lipinski definition) is 5. The molecule has 0 saturated carbocycles. The van der Waals surface area contributed by atoms with E-state index in [2.05, 4.69) is 15.6 Å². The van der Waals surface area contributed by atoms with E-state index in [0.29, 0.717) is 38.4 Å². The van der Waals surface area contributed by atoms with Crippen LogP contribution in [0.1, 0.15) is 17.7 Å². The third-order valence-corrected chi connectivity index (χ3v) is 2.47. The molecule has 1 aromatic rings. The van der Waals surface area contributed by atoms with Crippen LogP contribution in [0.5, 0.6) is 0 Å². The van der Waals surface area contributed by atoms with Crippen LogP contribution in [0, 0.1) is 11.3 Å². The first kappa shape index (κ1) is 15.1. The van der Waals surface area contributed by atoms with E-state index in [1.807, 2.05) is 12.1 Å². The highest BCUT2D eigenvalue weighted by atomic mass is 16.5. The topological polar surface area (TPSA) is 87.0 Å². The molecular formula is C13H18N4O2. The fourth-order valence-electron chi connectivity index (χ4n) is 1.49. The van der Waals surface area contributed by atoms with E-state index in [-0.39, 0.29) is 5.91 Å². The maximum atomic E-state index is 11.4. The Morgan fingerprint density at radius 1 is 1.53 bits per heavy atom. The Bertz CT molecular complexity index is 443. The van der Waals surface area contributed by atoms with Crippen molar-refractivity contribution in [3.05, 3.63) is 29.6 Å². The summed E-state index contributed by atoms with van der Waals surface area (Å²) >= 11 is 0. The number of rotatable bonds is 8. The maximum absolute atomic E-state index is 11.4. The highest BCUT2D eigenvalue weighted by Crippen LogP contribution is 2.02. The van der Waals surface area contributed by atoms with Crippen molar-refractivity contribution in [3.63, 3.8) is 0 Å². The third-order valence-electron chi connectivity index (χ3n) is 2.47. The SMILES string of the molecule is COCCNC(=O)CCNCc1cccnc1C#N. The van der Waals surface area contributed by atoms with Gasteiger partial charge in [0.1, 0.15) is 11.8 Å². The molecule has 0 unspecified atom stereocenters. The average molecular weight is 262 g/mol. The third kappa shape index (κ3) is 5.95. The van der Waals surface area contributed by atoms with Crippen molar-refractivity contribution in [1.29, 1.82) is 5.26 Å². The summed E-state index contributed by atoms with van der Waals surface area (Å²) in [5.41, 5.74) is 1.25. The van der Waals surface area contributed by atoms with Crippen LogP contribution in [-0.2, 0) is 16.1 Å². The van der Waals surface area contributed by atoms with E-state index >= 15 is 0 Å². The molecule has 19 heavy (non-hydrogen) atoms. The minimum absolute atomic E-state index is 0.0174. The highest BCUT2D eigenvalue weighted by molar-refractivity contribution is 5.76. The van der Waals surface area contributed by atoms with Crippen LogP contribution >= 0.6 is 0 Å². The second-order valence-electron chi connectivity index (χ2n) is 3.89. The lowest BCUT2D eigenvalue weighted by atomic mass is 10.2. The molecule has 2 N–H and O–H groups in total. The molecule has 1 rings (SSSR count). The first-order valence-electron chi connectivity index (χ1n) is 6.08. The van der Waals surface area contributed by atoms with Gasteiger partial charge in [-0.2, -0.15) is 5.26 Å². The molecule has 0 aliphatic heterocycles. The van der Waals surface area contributed by atoms with Gasteiger partial charge in [-0.05, 0) is 6.07 Å². The summed E-state index contributed by atoms with van der Waals surface area (Å²) in [6, 6.07) is 5.67. The van der Waals surface area contributed by atoms with Gasteiger partial charge in [-0.3, -0.25) is 4.79 Å². The zero-order valence-corrected chi connectivity index (χ0v) is 11.0. The van der Waals surface area contributed by atoms with Gasteiger partial charge in [0.25, 0.3) is 0 Å². The number of ether oxygens (including phenoxy) is 1. The van der Waals surface area contributed by atoms with Gasteiger partial charge in [0.2, 0.25) is 5.91 Å². The molecule has 0 aromatic carbocycles. The molecule has 0 fully saturated rings. The molecule has 0 spiro atoms. The number of pyridine rings is 1. The molecule has 0 atom stereocenters. The minimum Gasteiger partial charge on any atom is -0.383 e. The number of carbonyl (C=O) groups excluding carboxylic acids is 1. The normalized spacial score (nSPS) is 9.89. The van der Waals surface area contributed by atoms with Crippen molar-refractivity contribution < 1.29 is 9.53 Å². The van der Waals surface area contributed by atoms with Gasteiger partial charge < -0.3 is 15.4 Å². The molecule has 0 bridgehead atoms. The van der Waals surface area contributed by atoms with Crippen molar-refractivity contribution in [1.82, 2.24) is 15.6 Å². The average Bonchev–Trinajstić information content (AvgIpc) is 2.44. The Labute approximate surface area is 112 Å². The number of nitrogens with zero attached hydrogens (tertiary/aromatic N) is 2. The fourth-order valence-corrected chi connectivity index (χ4v) is 1.49. The summed E-state index contributed by atoms with van der Waals surface area (Å²) in [7, 11) is 1.59. The van der Waals surface area contributed by atoms with Gasteiger partial charge >= 0.3 is 0 Å². The molecule has 6 nitrogen and oxygen atoms in total. The monoisotopic (exact) mass is 262 g/mol. The van der Waals surface area contributed by atoms with Crippen LogP contribution in [0.3, 0.4) is 0 Å². The van der Waals surface area contributed by atoms with Gasteiger partial charge in [-0.15, -0.1) is 0 Å². The van der Waals surface area contributed by atoms with Crippen LogP contribution < -0.4 is 10.6 Å². The zero-order chi connectivity index (χ0) is 13.9. The zero-order valence-electron chi connectivity index (χ0n) is 11.0. The van der Waals surface area contributed by atoms with E-state index in [4.69, 9.17) is 10.00 Å². The Morgan fingerprint density at radius 3 is 3.11 bits per heavy atom. The van der Waals surface area contributed by atoms with Gasteiger partial charge in [-0.25, -0.2) is 4.98 Å². The molecule has 102 valence electrons. The fraction of sp³-hybridized carbons (Fsp3) is 0.462. The van der Waals surface area contributed by atoms with E-state index in [0.717, 1.165) is 5.56 Å². The number of hydrogen-bond donors (Lipinski definition) is 2. The predicted molar refractivity (Wildman–Crippen MR) is 70.2 cm³/mol. The second-order valence-corrected chi connectivity index (χ2v) is 3.89. The Hall–Kier alpha value is -1.97. The van der Waals surface area contributed by atoms with Gasteiger partial charge in [0, 0.05) is 44.9 Å². The maximum Gasteiger partial charge on any atom is 0.221 e. The van der Waals surface area contributed by atoms with E-state index in [1.165, 1.54) is 0 Å². The molecule has 0 aliphatic carbocycles. The smallest absolute Gasteiger partial charge is 0.221 e. The largest absolute Gasteiger partial charge is 0.383 e. The molecule has 1 amide bonds. The molecule has 1 aromatic heterocycles. The van der Waals surface area contributed by atoms with E-state index in [9.17, 15) is 4.79 Å². The predicted octanol–water partition coefficient (Wildman–Crippen LogP) is 0.196. The summed E-state index contributed by atoms with van der Waals surface area (Å²) in [5, 5.41) is 14.7. The van der Waals surface area contributed by atoms with Gasteiger partial charge in [0.15, 0.2) is 0 Å². The number of nitriles is 1. The second kappa shape index (κ2) is 9.03. The Morgan fingerprint density at radius 2 is 2.37 bits per heavy atom. The summed E-state index contributed by atoms with van der Waals surface area (Å²) in [6.07, 6.45) is 1.98. The standard InChI is InChI=1S/C13H18N4O2/c1-19-8-7-17-13(18)4-6-15-10-11-3-2-5-16-12(11)9-14/h2-3,5,15H,4,6-8,10H2,1H3,(H,17,18). The van der Waals surface area contributed by atoms with Crippen LogP contribution in [0.15, 0.2) is 18.3 Å². The molecule has 0 aliphatic rings. The number of amides is 1. The van der Waals surface area contributed by atoms with E-state index in [1.54, 1.807) is 19.4 Å². The van der Waals surface area contributed by atoms with Crippen LogP contribution in [0.25, 0.3) is 0 Å². The summed E-state index contributed by atoms with van der Waals surface area (Å²) in [4.78, 5) is 15.3. The summed E-state index contributed by atoms with van der Waals surface area (Å²) in [5.74, 6) is -0.0174. The number of aromatic nitrogens is 1. The molecule has 6 heteroatoms. The summed E-state index contributed by atoms with van der Waals surface area (Å²) < 4.78 is 4.83. The molecule has 0 saturated heterocycles. The van der Waals surface area contributed by atoms with Crippen LogP contribution in [0.4, 0.5) is 0 Å². The van der Waals surface area contributed by atoms with Crippen molar-refractivity contribution in [2.75, 3.05) is 26.8 Å². The van der Waals surface area contributed by atoms with E-state index < -0.39 is 0 Å². The van der Waals surface area contributed by atoms with Crippen LogP contribution in [-0.4, -0.2) is 37.7 Å². The molecular weight excluding hydrogens is 244 g/mol. The van der Waals surface area contributed by atoms with Crippen molar-refractivity contribution in [3.8, 4) is 6.07 Å². The Kier molecular flexibility index (Phi) is 7.17. The number of nitrogens with one attached hydrogen (secondary N) is 2. The number of carbonyl (C=O) groups is 1. The van der Waals surface area contributed by atoms with Crippen molar-refractivity contribution in [2.45, 2.75) is 13.0 Å². The molecule has 1 heterocycles.